The minimum Gasteiger partial charge on any atom is -0.491 e. The summed E-state index contributed by atoms with van der Waals surface area (Å²) < 4.78 is 17.3. The maximum atomic E-state index is 10.1. The first-order valence-electron chi connectivity index (χ1n) is 8.40. The van der Waals surface area contributed by atoms with Crippen molar-refractivity contribution in [3.8, 4) is 17.2 Å². The molecular weight excluding hydrogens is 342 g/mol. The first-order valence-corrected chi connectivity index (χ1v) is 8.78. The van der Waals surface area contributed by atoms with Crippen LogP contribution in [0.5, 0.6) is 17.2 Å². The van der Waals surface area contributed by atoms with Crippen molar-refractivity contribution in [1.29, 1.82) is 0 Å². The highest BCUT2D eigenvalue weighted by atomic mass is 35.5. The Morgan fingerprint density at radius 2 is 1.92 bits per heavy atom. The van der Waals surface area contributed by atoms with Gasteiger partial charge in [0.2, 0.25) is 0 Å². The molecule has 0 bridgehead atoms. The van der Waals surface area contributed by atoms with Crippen molar-refractivity contribution < 1.29 is 24.6 Å². The molecular formula is C19H23ClNO4+. The van der Waals surface area contributed by atoms with Gasteiger partial charge in [-0.25, -0.2) is 0 Å². The molecule has 0 aliphatic carbocycles. The lowest BCUT2D eigenvalue weighted by atomic mass is 10.1. The number of hydrogen-bond donors (Lipinski definition) is 2. The lowest BCUT2D eigenvalue weighted by Crippen LogP contribution is -2.94. The van der Waals surface area contributed by atoms with E-state index in [9.17, 15) is 5.11 Å². The summed E-state index contributed by atoms with van der Waals surface area (Å²) >= 11 is 5.83. The van der Waals surface area contributed by atoms with E-state index in [0.717, 1.165) is 11.5 Å². The molecule has 3 atom stereocenters. The zero-order valence-electron chi connectivity index (χ0n) is 14.1. The van der Waals surface area contributed by atoms with Gasteiger partial charge in [-0.3, -0.25) is 0 Å². The van der Waals surface area contributed by atoms with Crippen molar-refractivity contribution >= 4 is 11.6 Å². The largest absolute Gasteiger partial charge is 0.491 e. The van der Waals surface area contributed by atoms with E-state index >= 15 is 0 Å². The molecule has 0 radical (unpaired) electrons. The van der Waals surface area contributed by atoms with Gasteiger partial charge in [0.05, 0.1) is 0 Å². The van der Waals surface area contributed by atoms with Crippen molar-refractivity contribution in [3.63, 3.8) is 0 Å². The molecule has 1 aliphatic heterocycles. The van der Waals surface area contributed by atoms with Gasteiger partial charge in [0.1, 0.15) is 37.7 Å². The first kappa shape index (κ1) is 17.9. The van der Waals surface area contributed by atoms with Gasteiger partial charge >= 0.3 is 0 Å². The van der Waals surface area contributed by atoms with Crippen molar-refractivity contribution in [2.24, 2.45) is 0 Å². The Morgan fingerprint density at radius 1 is 1.20 bits per heavy atom. The van der Waals surface area contributed by atoms with E-state index < -0.39 is 6.10 Å². The number of benzene rings is 2. The summed E-state index contributed by atoms with van der Waals surface area (Å²) in [4.78, 5) is 0. The minimum atomic E-state index is -0.574. The molecule has 5 nitrogen and oxygen atoms in total. The van der Waals surface area contributed by atoms with Gasteiger partial charge in [-0.05, 0) is 43.3 Å². The number of hydrogen-bond acceptors (Lipinski definition) is 4. The summed E-state index contributed by atoms with van der Waals surface area (Å²) in [7, 11) is 0. The van der Waals surface area contributed by atoms with E-state index in [1.807, 2.05) is 24.3 Å². The average molecular weight is 365 g/mol. The van der Waals surface area contributed by atoms with E-state index in [1.165, 1.54) is 0 Å². The number of quaternary nitrogens is 1. The lowest BCUT2D eigenvalue weighted by molar-refractivity contribution is -0.698. The van der Waals surface area contributed by atoms with Gasteiger partial charge in [-0.2, -0.15) is 0 Å². The summed E-state index contributed by atoms with van der Waals surface area (Å²) in [6.07, 6.45) is -0.630. The second-order valence-electron chi connectivity index (χ2n) is 6.16. The van der Waals surface area contributed by atoms with Crippen LogP contribution in [0.3, 0.4) is 0 Å². The van der Waals surface area contributed by atoms with Crippen molar-refractivity contribution in [1.82, 2.24) is 0 Å². The van der Waals surface area contributed by atoms with Crippen molar-refractivity contribution in [2.45, 2.75) is 25.2 Å². The smallest absolute Gasteiger partial charge is 0.184 e. The zero-order chi connectivity index (χ0) is 17.6. The van der Waals surface area contributed by atoms with Gasteiger partial charge in [0.15, 0.2) is 17.6 Å². The Hall–Kier alpha value is -1.95. The highest BCUT2D eigenvalue weighted by molar-refractivity contribution is 6.30. The highest BCUT2D eigenvalue weighted by Gasteiger charge is 2.28. The second-order valence-corrected chi connectivity index (χ2v) is 6.60. The summed E-state index contributed by atoms with van der Waals surface area (Å²) in [6.45, 7) is 3.33. The van der Waals surface area contributed by atoms with Crippen LogP contribution < -0.4 is 19.5 Å². The number of aliphatic hydroxyl groups excluding tert-OH is 1. The van der Waals surface area contributed by atoms with Gasteiger partial charge < -0.3 is 24.6 Å². The van der Waals surface area contributed by atoms with Crippen molar-refractivity contribution in [2.75, 3.05) is 19.8 Å². The van der Waals surface area contributed by atoms with Crippen molar-refractivity contribution in [3.05, 3.63) is 53.6 Å². The number of para-hydroxylation sites is 2. The topological polar surface area (TPSA) is 64.5 Å². The van der Waals surface area contributed by atoms with Crippen LogP contribution in [0.1, 0.15) is 6.92 Å². The van der Waals surface area contributed by atoms with Gasteiger partial charge in [-0.15, -0.1) is 0 Å². The van der Waals surface area contributed by atoms with Crippen LogP contribution in [0, 0.1) is 0 Å². The Morgan fingerprint density at radius 3 is 2.68 bits per heavy atom. The SMILES string of the molecule is C[C@H]([NH2+]C[C@H](O)COc1ccc(Cl)cc1)[C@H]1COc2ccccc2O1. The molecule has 2 aromatic rings. The molecule has 0 unspecified atom stereocenters. The minimum absolute atomic E-state index is 0.0562. The van der Waals surface area contributed by atoms with Gasteiger partial charge in [0, 0.05) is 5.02 Å². The van der Waals surface area contributed by atoms with Crippen LogP contribution in [-0.2, 0) is 0 Å². The molecule has 6 heteroatoms. The molecule has 134 valence electrons. The second kappa shape index (κ2) is 8.43. The molecule has 1 aliphatic rings. The zero-order valence-corrected chi connectivity index (χ0v) is 14.9. The maximum Gasteiger partial charge on any atom is 0.184 e. The van der Waals surface area contributed by atoms with Crippen LogP contribution in [0.25, 0.3) is 0 Å². The van der Waals surface area contributed by atoms with Crippen LogP contribution in [0.4, 0.5) is 0 Å². The Labute approximate surface area is 152 Å². The molecule has 3 rings (SSSR count). The molecule has 2 aromatic carbocycles. The average Bonchev–Trinajstić information content (AvgIpc) is 2.65. The van der Waals surface area contributed by atoms with Crippen LogP contribution in [0.2, 0.25) is 5.02 Å². The molecule has 0 amide bonds. The molecule has 0 aromatic heterocycles. The Kier molecular flexibility index (Phi) is 6.02. The molecule has 0 saturated carbocycles. The number of aliphatic hydroxyl groups is 1. The number of nitrogens with two attached hydrogens (primary N) is 1. The quantitative estimate of drug-likeness (QED) is 0.787. The number of halogens is 1. The fourth-order valence-corrected chi connectivity index (χ4v) is 2.74. The van der Waals surface area contributed by atoms with Crippen LogP contribution >= 0.6 is 11.6 Å². The molecule has 0 saturated heterocycles. The van der Waals surface area contributed by atoms with Crippen LogP contribution in [0.15, 0.2) is 48.5 Å². The van der Waals surface area contributed by atoms with E-state index in [0.29, 0.717) is 23.9 Å². The monoisotopic (exact) mass is 364 g/mol. The summed E-state index contributed by atoms with van der Waals surface area (Å²) in [6, 6.07) is 14.9. The van der Waals surface area contributed by atoms with Gasteiger partial charge in [0.25, 0.3) is 0 Å². The fraction of sp³-hybridized carbons (Fsp3) is 0.368. The third-order valence-electron chi connectivity index (χ3n) is 4.15. The summed E-state index contributed by atoms with van der Waals surface area (Å²) in [5.74, 6) is 2.24. The van der Waals surface area contributed by atoms with E-state index in [1.54, 1.807) is 24.3 Å². The van der Waals surface area contributed by atoms with E-state index in [-0.39, 0.29) is 18.8 Å². The lowest BCUT2D eigenvalue weighted by Gasteiger charge is -2.29. The molecule has 0 spiro atoms. The first-order chi connectivity index (χ1) is 12.1. The number of ether oxygens (including phenoxy) is 3. The summed E-state index contributed by atoms with van der Waals surface area (Å²) in [5.41, 5.74) is 0. The molecule has 25 heavy (non-hydrogen) atoms. The van der Waals surface area contributed by atoms with Crippen LogP contribution in [-0.4, -0.2) is 43.1 Å². The van der Waals surface area contributed by atoms with E-state index in [4.69, 9.17) is 25.8 Å². The molecule has 0 fully saturated rings. The normalized spacial score (nSPS) is 18.4. The molecule has 1 heterocycles. The van der Waals surface area contributed by atoms with E-state index in [2.05, 4.69) is 12.2 Å². The Bertz CT molecular complexity index is 679. The maximum absolute atomic E-state index is 10.1. The highest BCUT2D eigenvalue weighted by Crippen LogP contribution is 2.31. The predicted octanol–water partition coefficient (Wildman–Crippen LogP) is 1.87. The molecule has 3 N–H and O–H groups in total. The Balaban J connectivity index is 1.41. The van der Waals surface area contributed by atoms with Gasteiger partial charge in [-0.1, -0.05) is 23.7 Å². The third-order valence-corrected chi connectivity index (χ3v) is 4.40. The summed E-state index contributed by atoms with van der Waals surface area (Å²) in [5, 5.41) is 12.8. The number of fused-ring (bicyclic) bond motifs is 1. The predicted molar refractivity (Wildman–Crippen MR) is 95.6 cm³/mol. The number of rotatable bonds is 7. The third kappa shape index (κ3) is 5.01. The standard InChI is InChI=1S/C19H22ClNO4/c1-13(19-12-24-17-4-2-3-5-18(17)25-19)21-10-15(22)11-23-16-8-6-14(20)7-9-16/h2-9,13,15,19,21-22H,10-12H2,1H3/p+1/t13-,15-,19+/m0/s1. The fourth-order valence-electron chi connectivity index (χ4n) is 2.61.